The molecular formula is C19H26N6O3S. The first kappa shape index (κ1) is 21.2. The molecule has 0 aromatic carbocycles. The second kappa shape index (κ2) is 8.48. The van der Waals surface area contributed by atoms with Crippen LogP contribution in [0.15, 0.2) is 19.0 Å². The van der Waals surface area contributed by atoms with Gasteiger partial charge in [-0.05, 0) is 6.42 Å². The second-order valence-electron chi connectivity index (χ2n) is 7.52. The van der Waals surface area contributed by atoms with Crippen molar-refractivity contribution in [2.24, 2.45) is 7.05 Å². The number of fused-ring (bicyclic) bond motifs is 1. The first-order chi connectivity index (χ1) is 13.7. The zero-order valence-corrected chi connectivity index (χ0v) is 18.4. The lowest BCUT2D eigenvalue weighted by molar-refractivity contribution is 0.445. The summed E-state index contributed by atoms with van der Waals surface area (Å²) in [5, 5.41) is 8.98. The normalized spacial score (nSPS) is 11.9. The highest BCUT2D eigenvalue weighted by molar-refractivity contribution is 7.98. The highest BCUT2D eigenvalue weighted by atomic mass is 32.2. The van der Waals surface area contributed by atoms with Crippen molar-refractivity contribution in [3.05, 3.63) is 38.4 Å². The zero-order valence-electron chi connectivity index (χ0n) is 17.6. The van der Waals surface area contributed by atoms with Gasteiger partial charge in [0.1, 0.15) is 16.2 Å². The molecule has 9 nitrogen and oxygen atoms in total. The predicted molar refractivity (Wildman–Crippen MR) is 111 cm³/mol. The lowest BCUT2D eigenvalue weighted by Crippen LogP contribution is -2.39. The third kappa shape index (κ3) is 4.12. The lowest BCUT2D eigenvalue weighted by Gasteiger charge is -2.14. The van der Waals surface area contributed by atoms with Crippen molar-refractivity contribution >= 4 is 22.8 Å². The molecule has 3 aromatic heterocycles. The Morgan fingerprint density at radius 2 is 1.79 bits per heavy atom. The van der Waals surface area contributed by atoms with Crippen LogP contribution in [0.2, 0.25) is 0 Å². The Balaban J connectivity index is 2.16. The summed E-state index contributed by atoms with van der Waals surface area (Å²) in [5.74, 6) is 2.19. The van der Waals surface area contributed by atoms with Gasteiger partial charge in [0.2, 0.25) is 11.8 Å². The summed E-state index contributed by atoms with van der Waals surface area (Å²) >= 11 is 1.34. The smallest absolute Gasteiger partial charge is 0.332 e. The highest BCUT2D eigenvalue weighted by Gasteiger charge is 2.20. The van der Waals surface area contributed by atoms with Gasteiger partial charge in [0.25, 0.3) is 5.56 Å². The minimum Gasteiger partial charge on any atom is -0.424 e. The summed E-state index contributed by atoms with van der Waals surface area (Å²) in [6, 6.07) is 0. The van der Waals surface area contributed by atoms with E-state index in [2.05, 4.69) is 20.2 Å². The van der Waals surface area contributed by atoms with Gasteiger partial charge in [-0.3, -0.25) is 13.9 Å². The van der Waals surface area contributed by atoms with Crippen LogP contribution in [0.1, 0.15) is 70.5 Å². The maximum Gasteiger partial charge on any atom is 0.332 e. The van der Waals surface area contributed by atoms with E-state index in [0.717, 1.165) is 11.0 Å². The van der Waals surface area contributed by atoms with Crippen LogP contribution < -0.4 is 11.2 Å². The Labute approximate surface area is 172 Å². The quantitative estimate of drug-likeness (QED) is 0.426. The van der Waals surface area contributed by atoms with Crippen LogP contribution in [0.5, 0.6) is 0 Å². The zero-order chi connectivity index (χ0) is 21.3. The summed E-state index contributed by atoms with van der Waals surface area (Å²) in [7, 11) is 1.48. The van der Waals surface area contributed by atoms with Gasteiger partial charge in [-0.15, -0.1) is 10.2 Å². The van der Waals surface area contributed by atoms with Crippen LogP contribution in [0.4, 0.5) is 0 Å². The molecule has 3 aromatic rings. The van der Waals surface area contributed by atoms with Crippen LogP contribution in [-0.4, -0.2) is 29.3 Å². The monoisotopic (exact) mass is 418 g/mol. The van der Waals surface area contributed by atoms with Crippen molar-refractivity contribution in [1.29, 1.82) is 0 Å². The van der Waals surface area contributed by atoms with Gasteiger partial charge in [0.05, 0.1) is 5.75 Å². The van der Waals surface area contributed by atoms with Gasteiger partial charge >= 0.3 is 5.69 Å². The first-order valence-corrected chi connectivity index (χ1v) is 10.7. The molecule has 0 unspecified atom stereocenters. The Kier molecular flexibility index (Phi) is 6.21. The van der Waals surface area contributed by atoms with E-state index >= 15 is 0 Å². The highest BCUT2D eigenvalue weighted by Crippen LogP contribution is 2.27. The second-order valence-corrected chi connectivity index (χ2v) is 8.48. The Morgan fingerprint density at radius 3 is 2.38 bits per heavy atom. The number of thioether (sulfide) groups is 1. The van der Waals surface area contributed by atoms with Crippen molar-refractivity contribution < 1.29 is 4.42 Å². The molecule has 3 rings (SSSR count). The first-order valence-electron chi connectivity index (χ1n) is 9.71. The van der Waals surface area contributed by atoms with Gasteiger partial charge in [-0.1, -0.05) is 46.4 Å². The van der Waals surface area contributed by atoms with Crippen LogP contribution in [0.25, 0.3) is 11.0 Å². The third-order valence-corrected chi connectivity index (χ3v) is 5.40. The summed E-state index contributed by atoms with van der Waals surface area (Å²) in [4.78, 5) is 34.8. The minimum atomic E-state index is -0.399. The van der Waals surface area contributed by atoms with Gasteiger partial charge in [-0.25, -0.2) is 14.8 Å². The number of nitrogens with zero attached hydrogens (tertiary/aromatic N) is 6. The van der Waals surface area contributed by atoms with Crippen LogP contribution >= 0.6 is 11.8 Å². The standard InChI is InChI=1S/C19H26N6O3S/c1-7-8-25-15-13(18(26)24(6)19(25)27)17(21-14(20-15)10(2)3)29-9-12-22-23-16(28-12)11(4)5/h10-11H,7-9H2,1-6H3. The van der Waals surface area contributed by atoms with Crippen LogP contribution in [0.3, 0.4) is 0 Å². The van der Waals surface area contributed by atoms with Crippen molar-refractivity contribution in [2.75, 3.05) is 0 Å². The fourth-order valence-corrected chi connectivity index (χ4v) is 3.69. The minimum absolute atomic E-state index is 0.0453. The van der Waals surface area contributed by atoms with E-state index in [1.807, 2.05) is 34.6 Å². The molecule has 29 heavy (non-hydrogen) atoms. The summed E-state index contributed by atoms with van der Waals surface area (Å²) in [5.41, 5.74) is -0.384. The number of aryl methyl sites for hydroxylation is 1. The molecule has 0 amide bonds. The molecule has 156 valence electrons. The molecule has 0 spiro atoms. The van der Waals surface area contributed by atoms with E-state index in [4.69, 9.17) is 4.42 Å². The molecule has 0 saturated heterocycles. The van der Waals surface area contributed by atoms with E-state index in [0.29, 0.717) is 46.0 Å². The molecule has 0 aliphatic rings. The fraction of sp³-hybridized carbons (Fsp3) is 0.579. The molecule has 0 aliphatic carbocycles. The largest absolute Gasteiger partial charge is 0.424 e. The molecule has 0 N–H and O–H groups in total. The molecule has 10 heteroatoms. The maximum absolute atomic E-state index is 12.9. The number of aromatic nitrogens is 6. The summed E-state index contributed by atoms with van der Waals surface area (Å²) in [6.07, 6.45) is 0.747. The van der Waals surface area contributed by atoms with Gasteiger partial charge < -0.3 is 4.42 Å². The van der Waals surface area contributed by atoms with Crippen LogP contribution in [-0.2, 0) is 19.3 Å². The SMILES string of the molecule is CCCn1c(=O)n(C)c(=O)c2c(SCc3nnc(C(C)C)o3)nc(C(C)C)nc21. The predicted octanol–water partition coefficient (Wildman–Crippen LogP) is 2.82. The van der Waals surface area contributed by atoms with Gasteiger partial charge in [0.15, 0.2) is 5.65 Å². The average molecular weight is 419 g/mol. The Morgan fingerprint density at radius 1 is 1.07 bits per heavy atom. The Bertz CT molecular complexity index is 1150. The Hall–Kier alpha value is -2.49. The number of hydrogen-bond acceptors (Lipinski definition) is 8. The summed E-state index contributed by atoms with van der Waals surface area (Å²) in [6.45, 7) is 10.4. The molecule has 0 atom stereocenters. The van der Waals surface area contributed by atoms with E-state index < -0.39 is 5.56 Å². The van der Waals surface area contributed by atoms with Gasteiger partial charge in [-0.2, -0.15) is 0 Å². The van der Waals surface area contributed by atoms with Crippen molar-refractivity contribution in [3.8, 4) is 0 Å². The van der Waals surface area contributed by atoms with Crippen molar-refractivity contribution in [2.45, 2.75) is 70.2 Å². The van der Waals surface area contributed by atoms with E-state index in [1.165, 1.54) is 18.8 Å². The van der Waals surface area contributed by atoms with E-state index in [9.17, 15) is 9.59 Å². The summed E-state index contributed by atoms with van der Waals surface area (Å²) < 4.78 is 8.34. The lowest BCUT2D eigenvalue weighted by atomic mass is 10.2. The molecular weight excluding hydrogens is 392 g/mol. The molecule has 0 saturated carbocycles. The molecule has 0 aliphatic heterocycles. The third-order valence-electron chi connectivity index (χ3n) is 4.44. The topological polar surface area (TPSA) is 109 Å². The molecule has 0 bridgehead atoms. The van der Waals surface area contributed by atoms with Crippen molar-refractivity contribution in [3.63, 3.8) is 0 Å². The van der Waals surface area contributed by atoms with Gasteiger partial charge in [0, 0.05) is 25.4 Å². The van der Waals surface area contributed by atoms with Crippen LogP contribution in [0, 0.1) is 0 Å². The molecule has 0 fully saturated rings. The van der Waals surface area contributed by atoms with E-state index in [1.54, 1.807) is 4.57 Å². The number of hydrogen-bond donors (Lipinski definition) is 0. The maximum atomic E-state index is 12.9. The average Bonchev–Trinajstić information content (AvgIpc) is 3.16. The fourth-order valence-electron chi connectivity index (χ4n) is 2.83. The molecule has 3 heterocycles. The van der Waals surface area contributed by atoms with Crippen molar-refractivity contribution in [1.82, 2.24) is 29.3 Å². The van der Waals surface area contributed by atoms with E-state index in [-0.39, 0.29) is 17.5 Å². The number of rotatable bonds is 7. The molecule has 0 radical (unpaired) electrons.